The lowest BCUT2D eigenvalue weighted by atomic mass is 9.86. The Labute approximate surface area is 124 Å². The van der Waals surface area contributed by atoms with Crippen LogP contribution in [0.4, 0.5) is 5.69 Å². The molecular weight excluding hydrogens is 264 g/mol. The highest BCUT2D eigenvalue weighted by Crippen LogP contribution is 2.28. The van der Waals surface area contributed by atoms with Crippen molar-refractivity contribution >= 4 is 22.6 Å². The maximum Gasteiger partial charge on any atom is 0.289 e. The molecule has 1 aromatic carbocycles. The van der Waals surface area contributed by atoms with E-state index in [1.54, 1.807) is 12.1 Å². The van der Waals surface area contributed by atoms with Gasteiger partial charge in [-0.1, -0.05) is 19.8 Å². The number of nitrogens with zero attached hydrogens (tertiary/aromatic N) is 1. The van der Waals surface area contributed by atoms with Gasteiger partial charge in [-0.3, -0.25) is 4.79 Å². The predicted molar refractivity (Wildman–Crippen MR) is 84.1 cm³/mol. The van der Waals surface area contributed by atoms with Gasteiger partial charge in [0.15, 0.2) is 5.76 Å². The molecule has 0 radical (unpaired) electrons. The number of hydrogen-bond acceptors (Lipinski definition) is 3. The quantitative estimate of drug-likeness (QED) is 0.857. The van der Waals surface area contributed by atoms with Gasteiger partial charge in [0.05, 0.1) is 0 Å². The van der Waals surface area contributed by atoms with Crippen LogP contribution in [0.5, 0.6) is 0 Å². The van der Waals surface area contributed by atoms with E-state index in [9.17, 15) is 4.79 Å². The Bertz CT molecular complexity index is 662. The smallest absolute Gasteiger partial charge is 0.289 e. The van der Waals surface area contributed by atoms with Gasteiger partial charge >= 0.3 is 0 Å². The zero-order valence-corrected chi connectivity index (χ0v) is 12.6. The number of nitrogen functional groups attached to an aromatic ring is 1. The van der Waals surface area contributed by atoms with Crippen molar-refractivity contribution in [3.8, 4) is 0 Å². The lowest BCUT2D eigenvalue weighted by Gasteiger charge is -2.33. The highest BCUT2D eigenvalue weighted by Gasteiger charge is 2.27. The predicted octanol–water partition coefficient (Wildman–Crippen LogP) is 3.67. The van der Waals surface area contributed by atoms with E-state index in [1.807, 2.05) is 24.1 Å². The topological polar surface area (TPSA) is 59.5 Å². The van der Waals surface area contributed by atoms with Crippen LogP contribution < -0.4 is 5.73 Å². The molecule has 2 N–H and O–H groups in total. The third kappa shape index (κ3) is 2.75. The minimum atomic E-state index is -0.0381. The van der Waals surface area contributed by atoms with Crippen LogP contribution >= 0.6 is 0 Å². The molecule has 1 heterocycles. The lowest BCUT2D eigenvalue weighted by Crippen LogP contribution is -2.39. The highest BCUT2D eigenvalue weighted by molar-refractivity contribution is 5.96. The second-order valence-corrected chi connectivity index (χ2v) is 6.25. The first-order chi connectivity index (χ1) is 10.0. The number of rotatable bonds is 2. The molecule has 2 unspecified atom stereocenters. The third-order valence-corrected chi connectivity index (χ3v) is 4.53. The number of benzene rings is 1. The Hall–Kier alpha value is -1.97. The van der Waals surface area contributed by atoms with Crippen molar-refractivity contribution in [1.82, 2.24) is 4.90 Å². The molecule has 21 heavy (non-hydrogen) atoms. The first-order valence-electron chi connectivity index (χ1n) is 7.61. The lowest BCUT2D eigenvalue weighted by molar-refractivity contribution is 0.0643. The molecule has 1 aliphatic carbocycles. The molecule has 0 spiro atoms. The van der Waals surface area contributed by atoms with Crippen LogP contribution in [0.3, 0.4) is 0 Å². The molecule has 1 amide bonds. The normalized spacial score (nSPS) is 22.4. The van der Waals surface area contributed by atoms with Crippen molar-refractivity contribution in [3.05, 3.63) is 30.0 Å². The van der Waals surface area contributed by atoms with Gasteiger partial charge in [-0.05, 0) is 43.0 Å². The molecule has 1 aliphatic rings. The van der Waals surface area contributed by atoms with Gasteiger partial charge in [0.1, 0.15) is 5.58 Å². The number of hydrogen-bond donors (Lipinski definition) is 1. The largest absolute Gasteiger partial charge is 0.451 e. The molecule has 1 aromatic heterocycles. The van der Waals surface area contributed by atoms with Crippen molar-refractivity contribution < 1.29 is 9.21 Å². The molecular formula is C17H22N2O2. The van der Waals surface area contributed by atoms with Gasteiger partial charge in [-0.15, -0.1) is 0 Å². The van der Waals surface area contributed by atoms with Crippen LogP contribution in [0.25, 0.3) is 11.0 Å². The van der Waals surface area contributed by atoms with Crippen molar-refractivity contribution in [1.29, 1.82) is 0 Å². The van der Waals surface area contributed by atoms with E-state index in [-0.39, 0.29) is 5.91 Å². The minimum absolute atomic E-state index is 0.0381. The summed E-state index contributed by atoms with van der Waals surface area (Å²) < 4.78 is 5.68. The van der Waals surface area contributed by atoms with Crippen LogP contribution in [0, 0.1) is 5.92 Å². The Morgan fingerprint density at radius 1 is 1.33 bits per heavy atom. The average Bonchev–Trinajstić information content (AvgIpc) is 2.88. The van der Waals surface area contributed by atoms with Crippen molar-refractivity contribution in [2.75, 3.05) is 12.8 Å². The Morgan fingerprint density at radius 2 is 2.14 bits per heavy atom. The summed E-state index contributed by atoms with van der Waals surface area (Å²) in [6.07, 6.45) is 4.62. The number of carbonyl (C=O) groups excluding carboxylic acids is 1. The summed E-state index contributed by atoms with van der Waals surface area (Å²) in [5.41, 5.74) is 7.15. The Balaban J connectivity index is 1.82. The fourth-order valence-corrected chi connectivity index (χ4v) is 3.26. The molecule has 112 valence electrons. The van der Waals surface area contributed by atoms with Gasteiger partial charge in [0.25, 0.3) is 5.91 Å². The maximum absolute atomic E-state index is 12.6. The van der Waals surface area contributed by atoms with E-state index in [4.69, 9.17) is 10.2 Å². The van der Waals surface area contributed by atoms with Crippen LogP contribution in [0.1, 0.15) is 43.2 Å². The molecule has 1 saturated carbocycles. The zero-order valence-electron chi connectivity index (χ0n) is 12.6. The highest BCUT2D eigenvalue weighted by atomic mass is 16.3. The average molecular weight is 286 g/mol. The molecule has 4 heteroatoms. The van der Waals surface area contributed by atoms with E-state index in [2.05, 4.69) is 6.92 Å². The van der Waals surface area contributed by atoms with Gasteiger partial charge in [-0.25, -0.2) is 0 Å². The van der Waals surface area contributed by atoms with E-state index in [0.29, 0.717) is 29.0 Å². The fraction of sp³-hybridized carbons (Fsp3) is 0.471. The third-order valence-electron chi connectivity index (χ3n) is 4.53. The van der Waals surface area contributed by atoms with Gasteiger partial charge in [0, 0.05) is 24.2 Å². The molecule has 0 saturated heterocycles. The summed E-state index contributed by atoms with van der Waals surface area (Å²) in [5.74, 6) is 1.05. The Morgan fingerprint density at radius 3 is 2.90 bits per heavy atom. The van der Waals surface area contributed by atoms with Crippen LogP contribution in [-0.4, -0.2) is 23.9 Å². The minimum Gasteiger partial charge on any atom is -0.451 e. The summed E-state index contributed by atoms with van der Waals surface area (Å²) in [4.78, 5) is 14.5. The van der Waals surface area contributed by atoms with Crippen molar-refractivity contribution in [2.24, 2.45) is 5.92 Å². The molecule has 1 fully saturated rings. The van der Waals surface area contributed by atoms with Crippen molar-refractivity contribution in [3.63, 3.8) is 0 Å². The number of furan rings is 1. The second-order valence-electron chi connectivity index (χ2n) is 6.25. The molecule has 2 aromatic rings. The van der Waals surface area contributed by atoms with Gasteiger partial charge in [0.2, 0.25) is 0 Å². The number of amides is 1. The summed E-state index contributed by atoms with van der Waals surface area (Å²) in [6.45, 7) is 2.26. The first-order valence-corrected chi connectivity index (χ1v) is 7.61. The number of nitrogens with two attached hydrogens (primary N) is 1. The summed E-state index contributed by atoms with van der Waals surface area (Å²) in [7, 11) is 1.88. The number of anilines is 1. The molecule has 0 bridgehead atoms. The molecule has 3 rings (SSSR count). The fourth-order valence-electron chi connectivity index (χ4n) is 3.26. The van der Waals surface area contributed by atoms with Crippen LogP contribution in [-0.2, 0) is 0 Å². The zero-order chi connectivity index (χ0) is 15.0. The molecule has 2 atom stereocenters. The summed E-state index contributed by atoms with van der Waals surface area (Å²) in [5, 5.41) is 0.878. The van der Waals surface area contributed by atoms with Crippen molar-refractivity contribution in [2.45, 2.75) is 38.6 Å². The van der Waals surface area contributed by atoms with Crippen LogP contribution in [0.2, 0.25) is 0 Å². The maximum atomic E-state index is 12.6. The number of fused-ring (bicyclic) bond motifs is 1. The monoisotopic (exact) mass is 286 g/mol. The Kier molecular flexibility index (Phi) is 3.62. The van der Waals surface area contributed by atoms with Gasteiger partial charge < -0.3 is 15.1 Å². The van der Waals surface area contributed by atoms with E-state index in [1.165, 1.54) is 12.8 Å². The first kappa shape index (κ1) is 14.0. The molecule has 4 nitrogen and oxygen atoms in total. The standard InChI is InChI=1S/C17H22N2O2/c1-11-4-3-5-14(8-11)19(2)17(20)16-10-12-9-13(18)6-7-15(12)21-16/h6-7,9-11,14H,3-5,8,18H2,1-2H3. The van der Waals surface area contributed by atoms with Gasteiger partial charge in [-0.2, -0.15) is 0 Å². The second kappa shape index (κ2) is 5.43. The van der Waals surface area contributed by atoms with Crippen LogP contribution in [0.15, 0.2) is 28.7 Å². The summed E-state index contributed by atoms with van der Waals surface area (Å²) in [6, 6.07) is 7.53. The van der Waals surface area contributed by atoms with E-state index in [0.717, 1.165) is 18.2 Å². The molecule has 0 aliphatic heterocycles. The number of carbonyl (C=O) groups is 1. The van der Waals surface area contributed by atoms with E-state index >= 15 is 0 Å². The SMILES string of the molecule is CC1CCCC(N(C)C(=O)c2cc3cc(N)ccc3o2)C1. The van der Waals surface area contributed by atoms with E-state index < -0.39 is 0 Å². The summed E-state index contributed by atoms with van der Waals surface area (Å²) >= 11 is 0.